The summed E-state index contributed by atoms with van der Waals surface area (Å²) in [6.07, 6.45) is 3.53. The van der Waals surface area contributed by atoms with E-state index >= 15 is 0 Å². The van der Waals surface area contributed by atoms with Gasteiger partial charge in [0.2, 0.25) is 0 Å². The lowest BCUT2D eigenvalue weighted by Gasteiger charge is -2.25. The summed E-state index contributed by atoms with van der Waals surface area (Å²) in [5.41, 5.74) is 2.85. The zero-order valence-electron chi connectivity index (χ0n) is 14.7. The highest BCUT2D eigenvalue weighted by Crippen LogP contribution is 2.37. The quantitative estimate of drug-likeness (QED) is 0.652. The third-order valence-electron chi connectivity index (χ3n) is 4.87. The van der Waals surface area contributed by atoms with Crippen molar-refractivity contribution in [1.29, 1.82) is 0 Å². The number of benzene rings is 2. The van der Waals surface area contributed by atoms with Gasteiger partial charge < -0.3 is 10.1 Å². The number of halogens is 2. The number of nitrogens with zero attached hydrogens (tertiary/aromatic N) is 1. The van der Waals surface area contributed by atoms with Gasteiger partial charge in [-0.25, -0.2) is 4.39 Å². The summed E-state index contributed by atoms with van der Waals surface area (Å²) < 4.78 is 20.0. The van der Waals surface area contributed by atoms with Gasteiger partial charge in [0.15, 0.2) is 0 Å². The molecule has 1 aliphatic heterocycles. The van der Waals surface area contributed by atoms with E-state index in [0.29, 0.717) is 10.8 Å². The van der Waals surface area contributed by atoms with E-state index < -0.39 is 0 Å². The number of hydrogen-bond acceptors (Lipinski definition) is 3. The second-order valence-corrected chi connectivity index (χ2v) is 7.15. The maximum absolute atomic E-state index is 13.7. The first-order valence-electron chi connectivity index (χ1n) is 9.03. The van der Waals surface area contributed by atoms with E-state index in [1.807, 2.05) is 48.5 Å². The van der Waals surface area contributed by atoms with E-state index in [9.17, 15) is 4.39 Å². The Bertz CT molecular complexity index is 913. The Labute approximate surface area is 163 Å². The van der Waals surface area contributed by atoms with Crippen LogP contribution in [0.25, 0.3) is 11.1 Å². The molecule has 4 rings (SSSR count). The number of ether oxygens (including phenoxy) is 1. The van der Waals surface area contributed by atoms with Crippen molar-refractivity contribution in [2.45, 2.75) is 12.5 Å². The van der Waals surface area contributed by atoms with Crippen LogP contribution in [-0.4, -0.2) is 18.1 Å². The molecule has 0 amide bonds. The third-order valence-corrected chi connectivity index (χ3v) is 5.17. The van der Waals surface area contributed by atoms with Crippen LogP contribution in [0.2, 0.25) is 5.02 Å². The summed E-state index contributed by atoms with van der Waals surface area (Å²) in [6.45, 7) is 1.74. The largest absolute Gasteiger partial charge is 0.484 e. The SMILES string of the molecule is Fc1cncc(C(Oc2ccc(-c3ccccc3)cc2Cl)[C@H]2CCNC2)c1. The summed E-state index contributed by atoms with van der Waals surface area (Å²) in [4.78, 5) is 3.99. The van der Waals surface area contributed by atoms with Crippen LogP contribution in [0.5, 0.6) is 5.75 Å². The molecule has 1 aliphatic rings. The van der Waals surface area contributed by atoms with E-state index in [1.165, 1.54) is 12.3 Å². The van der Waals surface area contributed by atoms with Crippen LogP contribution in [0.15, 0.2) is 67.0 Å². The molecule has 0 spiro atoms. The van der Waals surface area contributed by atoms with Crippen LogP contribution in [0.1, 0.15) is 18.1 Å². The van der Waals surface area contributed by atoms with E-state index in [4.69, 9.17) is 16.3 Å². The van der Waals surface area contributed by atoms with E-state index in [0.717, 1.165) is 36.2 Å². The average molecular weight is 383 g/mol. The number of nitrogens with one attached hydrogen (secondary N) is 1. The molecule has 1 unspecified atom stereocenters. The number of hydrogen-bond donors (Lipinski definition) is 1. The van der Waals surface area contributed by atoms with Crippen LogP contribution in [0.4, 0.5) is 4.39 Å². The maximum Gasteiger partial charge on any atom is 0.141 e. The van der Waals surface area contributed by atoms with Crippen LogP contribution < -0.4 is 10.1 Å². The summed E-state index contributed by atoms with van der Waals surface area (Å²) in [5.74, 6) is 0.466. The molecule has 1 N–H and O–H groups in total. The van der Waals surface area contributed by atoms with Gasteiger partial charge in [0.25, 0.3) is 0 Å². The Morgan fingerprint density at radius 2 is 1.93 bits per heavy atom. The van der Waals surface area contributed by atoms with Crippen molar-refractivity contribution in [2.75, 3.05) is 13.1 Å². The van der Waals surface area contributed by atoms with Gasteiger partial charge in [-0.05, 0) is 42.3 Å². The fourth-order valence-corrected chi connectivity index (χ4v) is 3.72. The Morgan fingerprint density at radius 1 is 1.07 bits per heavy atom. The standard InChI is InChI=1S/C22H20ClFN2O/c23-20-11-16(15-4-2-1-3-5-15)6-7-21(20)27-22(17-8-9-25-12-17)18-10-19(24)14-26-13-18/h1-7,10-11,13-14,17,22,25H,8-9,12H2/t17-,22?/m0/s1. The topological polar surface area (TPSA) is 34.1 Å². The summed E-state index contributed by atoms with van der Waals surface area (Å²) in [5, 5.41) is 3.88. The van der Waals surface area contributed by atoms with Gasteiger partial charge in [-0.15, -0.1) is 0 Å². The highest BCUT2D eigenvalue weighted by Gasteiger charge is 2.29. The summed E-state index contributed by atoms with van der Waals surface area (Å²) >= 11 is 6.52. The van der Waals surface area contributed by atoms with Crippen molar-refractivity contribution >= 4 is 11.6 Å². The van der Waals surface area contributed by atoms with Crippen molar-refractivity contribution in [3.8, 4) is 16.9 Å². The Morgan fingerprint density at radius 3 is 2.63 bits per heavy atom. The molecule has 0 aliphatic carbocycles. The van der Waals surface area contributed by atoms with Crippen molar-refractivity contribution in [3.05, 3.63) is 83.4 Å². The maximum atomic E-state index is 13.7. The lowest BCUT2D eigenvalue weighted by molar-refractivity contribution is 0.144. The molecule has 1 fully saturated rings. The van der Waals surface area contributed by atoms with Gasteiger partial charge in [-0.2, -0.15) is 0 Å². The zero-order chi connectivity index (χ0) is 18.6. The normalized spacial score (nSPS) is 17.6. The predicted octanol–water partition coefficient (Wildman–Crippen LogP) is 5.27. The van der Waals surface area contributed by atoms with Crippen LogP contribution in [0, 0.1) is 11.7 Å². The van der Waals surface area contributed by atoms with Crippen LogP contribution in [-0.2, 0) is 0 Å². The molecule has 2 atom stereocenters. The zero-order valence-corrected chi connectivity index (χ0v) is 15.5. The van der Waals surface area contributed by atoms with Crippen LogP contribution >= 0.6 is 11.6 Å². The Balaban J connectivity index is 1.63. The van der Waals surface area contributed by atoms with E-state index in [1.54, 1.807) is 6.20 Å². The first-order chi connectivity index (χ1) is 13.2. The summed E-state index contributed by atoms with van der Waals surface area (Å²) in [7, 11) is 0. The van der Waals surface area contributed by atoms with Gasteiger partial charge in [-0.3, -0.25) is 4.98 Å². The molecule has 1 saturated heterocycles. The van der Waals surface area contributed by atoms with Crippen molar-refractivity contribution in [2.24, 2.45) is 5.92 Å². The lowest BCUT2D eigenvalue weighted by atomic mass is 9.95. The Hall–Kier alpha value is -2.43. The van der Waals surface area contributed by atoms with Gasteiger partial charge in [-0.1, -0.05) is 48.0 Å². The van der Waals surface area contributed by atoms with Gasteiger partial charge in [0, 0.05) is 24.2 Å². The number of pyridine rings is 1. The first kappa shape index (κ1) is 18.0. The molecule has 138 valence electrons. The molecule has 0 saturated carbocycles. The van der Waals surface area contributed by atoms with Crippen molar-refractivity contribution < 1.29 is 9.13 Å². The van der Waals surface area contributed by atoms with Gasteiger partial charge in [0.05, 0.1) is 11.2 Å². The molecule has 2 aromatic carbocycles. The Kier molecular flexibility index (Phi) is 5.37. The second-order valence-electron chi connectivity index (χ2n) is 6.74. The van der Waals surface area contributed by atoms with Gasteiger partial charge in [0.1, 0.15) is 17.7 Å². The molecular weight excluding hydrogens is 363 g/mol. The molecule has 0 radical (unpaired) electrons. The molecular formula is C22H20ClFN2O. The van der Waals surface area contributed by atoms with E-state index in [-0.39, 0.29) is 17.8 Å². The molecule has 0 bridgehead atoms. The summed E-state index contributed by atoms with van der Waals surface area (Å²) in [6, 6.07) is 17.3. The average Bonchev–Trinajstić information content (AvgIpc) is 3.22. The molecule has 3 aromatic rings. The molecule has 3 nitrogen and oxygen atoms in total. The van der Waals surface area contributed by atoms with Crippen LogP contribution in [0.3, 0.4) is 0 Å². The lowest BCUT2D eigenvalue weighted by Crippen LogP contribution is -2.21. The third kappa shape index (κ3) is 4.12. The first-order valence-corrected chi connectivity index (χ1v) is 9.41. The second kappa shape index (κ2) is 8.07. The molecule has 1 aromatic heterocycles. The fourth-order valence-electron chi connectivity index (χ4n) is 3.50. The van der Waals surface area contributed by atoms with Crippen molar-refractivity contribution in [1.82, 2.24) is 10.3 Å². The molecule has 27 heavy (non-hydrogen) atoms. The monoisotopic (exact) mass is 382 g/mol. The minimum absolute atomic E-state index is 0.235. The number of aromatic nitrogens is 1. The minimum atomic E-state index is -0.363. The predicted molar refractivity (Wildman–Crippen MR) is 105 cm³/mol. The fraction of sp³-hybridized carbons (Fsp3) is 0.227. The number of rotatable bonds is 5. The minimum Gasteiger partial charge on any atom is -0.484 e. The van der Waals surface area contributed by atoms with Crippen molar-refractivity contribution in [3.63, 3.8) is 0 Å². The molecule has 5 heteroatoms. The van der Waals surface area contributed by atoms with Gasteiger partial charge >= 0.3 is 0 Å². The highest BCUT2D eigenvalue weighted by atomic mass is 35.5. The highest BCUT2D eigenvalue weighted by molar-refractivity contribution is 6.32. The van der Waals surface area contributed by atoms with E-state index in [2.05, 4.69) is 10.3 Å². The smallest absolute Gasteiger partial charge is 0.141 e. The molecule has 2 heterocycles.